The van der Waals surface area contributed by atoms with E-state index in [1.54, 1.807) is 18.2 Å². The predicted octanol–water partition coefficient (Wildman–Crippen LogP) is 2.49. The Morgan fingerprint density at radius 3 is 2.62 bits per heavy atom. The summed E-state index contributed by atoms with van der Waals surface area (Å²) in [6.45, 7) is 0.0540. The standard InChI is InChI=1S/C12H8F3NO4S/c13-12(14,15)21(17,18)20-11-7-3-1-2-4-9(7)16-10-6-19-5-8(10)11/h1-4H,5-6H2. The molecule has 0 saturated carbocycles. The quantitative estimate of drug-likeness (QED) is 0.628. The molecule has 0 aliphatic carbocycles. The third-order valence-corrected chi connectivity index (χ3v) is 3.94. The highest BCUT2D eigenvalue weighted by Crippen LogP contribution is 2.38. The number of nitrogens with zero attached hydrogens (tertiary/aromatic N) is 1. The number of ether oxygens (including phenoxy) is 1. The van der Waals surface area contributed by atoms with Crippen molar-refractivity contribution in [3.05, 3.63) is 35.5 Å². The maximum atomic E-state index is 12.5. The van der Waals surface area contributed by atoms with Gasteiger partial charge in [0.2, 0.25) is 0 Å². The van der Waals surface area contributed by atoms with Crippen molar-refractivity contribution in [3.63, 3.8) is 0 Å². The van der Waals surface area contributed by atoms with Crippen LogP contribution in [0.15, 0.2) is 24.3 Å². The van der Waals surface area contributed by atoms with Gasteiger partial charge in [0.25, 0.3) is 0 Å². The number of halogens is 3. The van der Waals surface area contributed by atoms with E-state index < -0.39 is 15.6 Å². The molecule has 0 saturated heterocycles. The van der Waals surface area contributed by atoms with E-state index in [4.69, 9.17) is 4.74 Å². The van der Waals surface area contributed by atoms with Crippen molar-refractivity contribution in [3.8, 4) is 5.75 Å². The van der Waals surface area contributed by atoms with Gasteiger partial charge in [0.1, 0.15) is 0 Å². The van der Waals surface area contributed by atoms with Gasteiger partial charge in [-0.15, -0.1) is 0 Å². The zero-order valence-electron chi connectivity index (χ0n) is 10.3. The summed E-state index contributed by atoms with van der Waals surface area (Å²) >= 11 is 0. The lowest BCUT2D eigenvalue weighted by atomic mass is 10.1. The Morgan fingerprint density at radius 1 is 1.19 bits per heavy atom. The molecule has 0 radical (unpaired) electrons. The van der Waals surface area contributed by atoms with Gasteiger partial charge in [-0.1, -0.05) is 12.1 Å². The normalized spacial score (nSPS) is 15.2. The topological polar surface area (TPSA) is 65.5 Å². The van der Waals surface area contributed by atoms with E-state index in [0.29, 0.717) is 11.2 Å². The van der Waals surface area contributed by atoms with Crippen LogP contribution in [0.3, 0.4) is 0 Å². The van der Waals surface area contributed by atoms with Crippen molar-refractivity contribution < 1.29 is 30.5 Å². The molecule has 0 bridgehead atoms. The van der Waals surface area contributed by atoms with E-state index in [-0.39, 0.29) is 29.9 Å². The molecule has 2 aromatic rings. The monoisotopic (exact) mass is 319 g/mol. The fraction of sp³-hybridized carbons (Fsp3) is 0.250. The molecule has 0 unspecified atom stereocenters. The van der Waals surface area contributed by atoms with Crippen LogP contribution < -0.4 is 4.18 Å². The molecule has 2 heterocycles. The average molecular weight is 319 g/mol. The first-order chi connectivity index (χ1) is 9.79. The van der Waals surface area contributed by atoms with Gasteiger partial charge in [-0.05, 0) is 12.1 Å². The highest BCUT2D eigenvalue weighted by Gasteiger charge is 2.49. The van der Waals surface area contributed by atoms with Gasteiger partial charge in [-0.3, -0.25) is 0 Å². The van der Waals surface area contributed by atoms with Gasteiger partial charge >= 0.3 is 15.6 Å². The van der Waals surface area contributed by atoms with Crippen LogP contribution >= 0.6 is 0 Å². The third-order valence-electron chi connectivity index (χ3n) is 2.99. The molecular weight excluding hydrogens is 311 g/mol. The van der Waals surface area contributed by atoms with Crippen molar-refractivity contribution >= 4 is 21.0 Å². The first-order valence-corrected chi connectivity index (χ1v) is 7.19. The van der Waals surface area contributed by atoms with Crippen LogP contribution in [0.1, 0.15) is 11.3 Å². The molecule has 0 spiro atoms. The first kappa shape index (κ1) is 14.1. The predicted molar refractivity (Wildman–Crippen MR) is 65.8 cm³/mol. The van der Waals surface area contributed by atoms with E-state index in [9.17, 15) is 21.6 Å². The Labute approximate surface area is 117 Å². The Morgan fingerprint density at radius 2 is 1.90 bits per heavy atom. The van der Waals surface area contributed by atoms with Crippen molar-refractivity contribution in [2.24, 2.45) is 0 Å². The summed E-state index contributed by atoms with van der Waals surface area (Å²) in [5.41, 5.74) is -4.55. The molecule has 1 aliphatic heterocycles. The second kappa shape index (κ2) is 4.57. The molecule has 1 aromatic carbocycles. The third kappa shape index (κ3) is 2.32. The number of para-hydroxylation sites is 1. The summed E-state index contributed by atoms with van der Waals surface area (Å²) in [7, 11) is -5.75. The van der Waals surface area contributed by atoms with Crippen LogP contribution in [0.25, 0.3) is 10.9 Å². The highest BCUT2D eigenvalue weighted by molar-refractivity contribution is 7.88. The van der Waals surface area contributed by atoms with Crippen LogP contribution in [0.2, 0.25) is 0 Å². The van der Waals surface area contributed by atoms with E-state index >= 15 is 0 Å². The zero-order chi connectivity index (χ0) is 15.3. The minimum absolute atomic E-state index is 0.0458. The fourth-order valence-electron chi connectivity index (χ4n) is 2.04. The number of benzene rings is 1. The van der Waals surface area contributed by atoms with Crippen LogP contribution in [-0.4, -0.2) is 18.9 Å². The Bertz CT molecular complexity index is 817. The van der Waals surface area contributed by atoms with Gasteiger partial charge in [0, 0.05) is 10.9 Å². The van der Waals surface area contributed by atoms with Gasteiger partial charge in [-0.25, -0.2) is 4.98 Å². The average Bonchev–Trinajstić information content (AvgIpc) is 2.85. The molecule has 0 amide bonds. The first-order valence-electron chi connectivity index (χ1n) is 5.78. The Kier molecular flexibility index (Phi) is 3.06. The van der Waals surface area contributed by atoms with E-state index in [1.165, 1.54) is 6.07 Å². The zero-order valence-corrected chi connectivity index (χ0v) is 11.2. The summed E-state index contributed by atoms with van der Waals surface area (Å²) in [6.07, 6.45) is 0. The smallest absolute Gasteiger partial charge is 0.375 e. The maximum absolute atomic E-state index is 12.5. The second-order valence-corrected chi connectivity index (χ2v) is 5.90. The summed E-state index contributed by atoms with van der Waals surface area (Å²) in [4.78, 5) is 4.23. The lowest BCUT2D eigenvalue weighted by Gasteiger charge is -2.14. The fourth-order valence-corrected chi connectivity index (χ4v) is 2.54. The lowest BCUT2D eigenvalue weighted by Crippen LogP contribution is -2.28. The molecule has 0 fully saturated rings. The van der Waals surface area contributed by atoms with Crippen molar-refractivity contribution in [1.82, 2.24) is 4.98 Å². The highest BCUT2D eigenvalue weighted by atomic mass is 32.2. The molecular formula is C12H8F3NO4S. The van der Waals surface area contributed by atoms with Crippen molar-refractivity contribution in [1.29, 1.82) is 0 Å². The number of hydrogen-bond acceptors (Lipinski definition) is 5. The molecule has 9 heteroatoms. The molecule has 21 heavy (non-hydrogen) atoms. The molecule has 112 valence electrons. The largest absolute Gasteiger partial charge is 0.534 e. The Hall–Kier alpha value is -1.87. The number of aromatic nitrogens is 1. The van der Waals surface area contributed by atoms with E-state index in [1.807, 2.05) is 0 Å². The van der Waals surface area contributed by atoms with Crippen LogP contribution in [0, 0.1) is 0 Å². The molecule has 1 aliphatic rings. The van der Waals surface area contributed by atoms with Crippen molar-refractivity contribution in [2.45, 2.75) is 18.7 Å². The number of hydrogen-bond donors (Lipinski definition) is 0. The second-order valence-electron chi connectivity index (χ2n) is 4.36. The van der Waals surface area contributed by atoms with Gasteiger partial charge in [0.05, 0.1) is 24.4 Å². The minimum atomic E-state index is -5.75. The summed E-state index contributed by atoms with van der Waals surface area (Å²) in [5.74, 6) is -0.370. The summed E-state index contributed by atoms with van der Waals surface area (Å²) in [5, 5.41) is 0.189. The minimum Gasteiger partial charge on any atom is -0.375 e. The maximum Gasteiger partial charge on any atom is 0.534 e. The lowest BCUT2D eigenvalue weighted by molar-refractivity contribution is -0.0500. The van der Waals surface area contributed by atoms with E-state index in [2.05, 4.69) is 9.17 Å². The number of rotatable bonds is 2. The number of pyridine rings is 1. The van der Waals surface area contributed by atoms with Crippen LogP contribution in [0.4, 0.5) is 13.2 Å². The molecule has 0 N–H and O–H groups in total. The molecule has 0 atom stereocenters. The Balaban J connectivity index is 2.23. The van der Waals surface area contributed by atoms with Gasteiger partial charge < -0.3 is 8.92 Å². The number of alkyl halides is 3. The number of fused-ring (bicyclic) bond motifs is 2. The molecule has 3 rings (SSSR count). The SMILES string of the molecule is O=S(=O)(Oc1c2c(nc3ccccc13)COC2)C(F)(F)F. The van der Waals surface area contributed by atoms with Gasteiger partial charge in [-0.2, -0.15) is 21.6 Å². The van der Waals surface area contributed by atoms with Crippen molar-refractivity contribution in [2.75, 3.05) is 0 Å². The van der Waals surface area contributed by atoms with Gasteiger partial charge in [0.15, 0.2) is 5.75 Å². The van der Waals surface area contributed by atoms with Crippen LogP contribution in [0.5, 0.6) is 5.75 Å². The molecule has 1 aromatic heterocycles. The summed E-state index contributed by atoms with van der Waals surface area (Å²) < 4.78 is 69.5. The van der Waals surface area contributed by atoms with Crippen LogP contribution in [-0.2, 0) is 28.1 Å². The van der Waals surface area contributed by atoms with E-state index in [0.717, 1.165) is 0 Å². The summed E-state index contributed by atoms with van der Waals surface area (Å²) in [6, 6.07) is 6.20. The molecule has 5 nitrogen and oxygen atoms in total.